The van der Waals surface area contributed by atoms with Crippen LogP contribution in [0.4, 0.5) is 0 Å². The second-order valence-corrected chi connectivity index (χ2v) is 5.44. The Bertz CT molecular complexity index is 548. The Morgan fingerprint density at radius 2 is 1.95 bits per heavy atom. The first kappa shape index (κ1) is 13.3. The van der Waals surface area contributed by atoms with Crippen molar-refractivity contribution in [2.24, 2.45) is 0 Å². The molecule has 0 bridgehead atoms. The van der Waals surface area contributed by atoms with E-state index in [1.165, 1.54) is 36.1 Å². The minimum absolute atomic E-state index is 0.846. The molecule has 108 valence electrons. The lowest BCUT2D eigenvalue weighted by molar-refractivity contribution is 0.326. The average molecular weight is 273 g/mol. The van der Waals surface area contributed by atoms with Crippen molar-refractivity contribution in [3.63, 3.8) is 0 Å². The van der Waals surface area contributed by atoms with E-state index in [9.17, 15) is 0 Å². The van der Waals surface area contributed by atoms with Gasteiger partial charge in [0.05, 0.1) is 14.2 Å². The van der Waals surface area contributed by atoms with Crippen molar-refractivity contribution in [2.75, 3.05) is 27.3 Å². The van der Waals surface area contributed by atoms with Crippen molar-refractivity contribution in [2.45, 2.75) is 32.6 Å². The Morgan fingerprint density at radius 1 is 1.10 bits per heavy atom. The third-order valence-corrected chi connectivity index (χ3v) is 4.55. The smallest absolute Gasteiger partial charge is 0.164 e. The number of rotatable bonds is 3. The van der Waals surface area contributed by atoms with Gasteiger partial charge in [-0.2, -0.15) is 0 Å². The molecule has 1 aromatic carbocycles. The van der Waals surface area contributed by atoms with Crippen LogP contribution in [0.15, 0.2) is 17.8 Å². The van der Waals surface area contributed by atoms with E-state index in [-0.39, 0.29) is 0 Å². The third kappa shape index (κ3) is 1.96. The number of ether oxygens (including phenoxy) is 2. The maximum absolute atomic E-state index is 5.61. The molecule has 1 heterocycles. The maximum atomic E-state index is 5.61. The zero-order valence-corrected chi connectivity index (χ0v) is 12.7. The van der Waals surface area contributed by atoms with Crippen LogP contribution < -0.4 is 9.47 Å². The van der Waals surface area contributed by atoms with E-state index in [2.05, 4.69) is 17.9 Å². The van der Waals surface area contributed by atoms with Gasteiger partial charge < -0.3 is 14.4 Å². The summed E-state index contributed by atoms with van der Waals surface area (Å²) in [5, 5.41) is 0. The molecule has 2 aliphatic rings. The van der Waals surface area contributed by atoms with Crippen molar-refractivity contribution in [1.29, 1.82) is 0 Å². The SMILES string of the molecule is CCN1CCCC2=C1CCc1c2ccc(OC)c1OC. The van der Waals surface area contributed by atoms with Crippen LogP contribution in [0.25, 0.3) is 5.57 Å². The molecule has 3 nitrogen and oxygen atoms in total. The molecule has 0 atom stereocenters. The van der Waals surface area contributed by atoms with Crippen molar-refractivity contribution in [1.82, 2.24) is 4.90 Å². The van der Waals surface area contributed by atoms with Crippen molar-refractivity contribution in [3.05, 3.63) is 29.0 Å². The van der Waals surface area contributed by atoms with Crippen LogP contribution >= 0.6 is 0 Å². The lowest BCUT2D eigenvalue weighted by Crippen LogP contribution is -2.30. The second kappa shape index (κ2) is 5.39. The molecule has 0 saturated heterocycles. The minimum Gasteiger partial charge on any atom is -0.493 e. The fourth-order valence-corrected chi connectivity index (χ4v) is 3.63. The van der Waals surface area contributed by atoms with Gasteiger partial charge in [0.1, 0.15) is 0 Å². The zero-order chi connectivity index (χ0) is 14.1. The predicted molar refractivity (Wildman–Crippen MR) is 81.3 cm³/mol. The molecular weight excluding hydrogens is 250 g/mol. The van der Waals surface area contributed by atoms with Crippen LogP contribution in [0, 0.1) is 0 Å². The number of hydrogen-bond donors (Lipinski definition) is 0. The number of hydrogen-bond acceptors (Lipinski definition) is 3. The Labute approximate surface area is 121 Å². The molecule has 0 amide bonds. The number of methoxy groups -OCH3 is 2. The van der Waals surface area contributed by atoms with Gasteiger partial charge in [0.2, 0.25) is 0 Å². The Balaban J connectivity index is 2.12. The molecule has 1 aliphatic carbocycles. The molecule has 0 aromatic heterocycles. The summed E-state index contributed by atoms with van der Waals surface area (Å²) in [4.78, 5) is 2.54. The van der Waals surface area contributed by atoms with Gasteiger partial charge in [-0.1, -0.05) is 6.07 Å². The van der Waals surface area contributed by atoms with E-state index in [4.69, 9.17) is 9.47 Å². The molecule has 3 heteroatoms. The first-order valence-corrected chi connectivity index (χ1v) is 7.51. The van der Waals surface area contributed by atoms with Crippen LogP contribution in [-0.2, 0) is 6.42 Å². The van der Waals surface area contributed by atoms with Crippen molar-refractivity contribution < 1.29 is 9.47 Å². The highest BCUT2D eigenvalue weighted by molar-refractivity contribution is 5.76. The summed E-state index contributed by atoms with van der Waals surface area (Å²) in [6, 6.07) is 4.25. The van der Waals surface area contributed by atoms with Gasteiger partial charge in [0, 0.05) is 24.4 Å². The van der Waals surface area contributed by atoms with Gasteiger partial charge >= 0.3 is 0 Å². The first-order valence-electron chi connectivity index (χ1n) is 7.51. The van der Waals surface area contributed by atoms with Crippen LogP contribution in [0.3, 0.4) is 0 Å². The van der Waals surface area contributed by atoms with Crippen LogP contribution in [-0.4, -0.2) is 32.2 Å². The topological polar surface area (TPSA) is 21.7 Å². The lowest BCUT2D eigenvalue weighted by Gasteiger charge is -2.37. The zero-order valence-electron chi connectivity index (χ0n) is 12.7. The highest BCUT2D eigenvalue weighted by atomic mass is 16.5. The van der Waals surface area contributed by atoms with Crippen LogP contribution in [0.2, 0.25) is 0 Å². The summed E-state index contributed by atoms with van der Waals surface area (Å²) in [7, 11) is 3.44. The highest BCUT2D eigenvalue weighted by Gasteiger charge is 2.28. The summed E-state index contributed by atoms with van der Waals surface area (Å²) in [5.74, 6) is 1.77. The molecule has 0 unspecified atom stereocenters. The van der Waals surface area contributed by atoms with Gasteiger partial charge in [0.15, 0.2) is 11.5 Å². The van der Waals surface area contributed by atoms with Crippen LogP contribution in [0.1, 0.15) is 37.3 Å². The van der Waals surface area contributed by atoms with E-state index in [1.807, 2.05) is 6.07 Å². The monoisotopic (exact) mass is 273 g/mol. The summed E-state index contributed by atoms with van der Waals surface area (Å²) < 4.78 is 11.0. The van der Waals surface area contributed by atoms with Crippen molar-refractivity contribution >= 4 is 5.57 Å². The number of fused-ring (bicyclic) bond motifs is 2. The fourth-order valence-electron chi connectivity index (χ4n) is 3.63. The van der Waals surface area contributed by atoms with Gasteiger partial charge in [-0.3, -0.25) is 0 Å². The van der Waals surface area contributed by atoms with Crippen LogP contribution in [0.5, 0.6) is 11.5 Å². The number of allylic oxidation sites excluding steroid dienone is 2. The molecule has 0 fully saturated rings. The van der Waals surface area contributed by atoms with E-state index in [0.29, 0.717) is 0 Å². The molecule has 0 radical (unpaired) electrons. The molecule has 0 N–H and O–H groups in total. The van der Waals surface area contributed by atoms with E-state index in [1.54, 1.807) is 19.9 Å². The van der Waals surface area contributed by atoms with E-state index >= 15 is 0 Å². The van der Waals surface area contributed by atoms with Gasteiger partial charge in [-0.15, -0.1) is 0 Å². The second-order valence-electron chi connectivity index (χ2n) is 5.44. The highest BCUT2D eigenvalue weighted by Crippen LogP contribution is 2.44. The average Bonchev–Trinajstić information content (AvgIpc) is 2.52. The summed E-state index contributed by atoms with van der Waals surface area (Å²) in [6.07, 6.45) is 4.61. The number of benzene rings is 1. The van der Waals surface area contributed by atoms with E-state index in [0.717, 1.165) is 30.9 Å². The van der Waals surface area contributed by atoms with Gasteiger partial charge in [0.25, 0.3) is 0 Å². The van der Waals surface area contributed by atoms with E-state index < -0.39 is 0 Å². The quantitative estimate of drug-likeness (QED) is 0.841. The number of nitrogens with zero attached hydrogens (tertiary/aromatic N) is 1. The van der Waals surface area contributed by atoms with Gasteiger partial charge in [-0.25, -0.2) is 0 Å². The lowest BCUT2D eigenvalue weighted by atomic mass is 9.83. The summed E-state index contributed by atoms with van der Waals surface area (Å²) >= 11 is 0. The standard InChI is InChI=1S/C17H23NO2/c1-4-18-11-5-6-13-12-8-10-16(19-2)17(20-3)14(12)7-9-15(13)18/h8,10H,4-7,9,11H2,1-3H3. The predicted octanol–water partition coefficient (Wildman–Crippen LogP) is 3.48. The molecule has 0 saturated carbocycles. The Kier molecular flexibility index (Phi) is 3.60. The molecular formula is C17H23NO2. The van der Waals surface area contributed by atoms with Crippen molar-refractivity contribution in [3.8, 4) is 11.5 Å². The third-order valence-electron chi connectivity index (χ3n) is 4.55. The molecule has 3 rings (SSSR count). The molecule has 20 heavy (non-hydrogen) atoms. The maximum Gasteiger partial charge on any atom is 0.164 e. The summed E-state index contributed by atoms with van der Waals surface area (Å²) in [5.41, 5.74) is 5.78. The molecule has 1 aliphatic heterocycles. The first-order chi connectivity index (χ1) is 9.80. The Morgan fingerprint density at radius 3 is 2.65 bits per heavy atom. The minimum atomic E-state index is 0.846. The largest absolute Gasteiger partial charge is 0.493 e. The fraction of sp³-hybridized carbons (Fsp3) is 0.529. The molecule has 0 spiro atoms. The Hall–Kier alpha value is -1.64. The normalized spacial score (nSPS) is 17.6. The summed E-state index contributed by atoms with van der Waals surface area (Å²) in [6.45, 7) is 4.57. The van der Waals surface area contributed by atoms with Gasteiger partial charge in [-0.05, 0) is 49.8 Å². The molecule has 1 aromatic rings.